The van der Waals surface area contributed by atoms with Crippen LogP contribution in [0.1, 0.15) is 19.4 Å². The minimum absolute atomic E-state index is 0. The van der Waals surface area contributed by atoms with E-state index in [2.05, 4.69) is 21.2 Å². The highest BCUT2D eigenvalue weighted by molar-refractivity contribution is 9.10. The van der Waals surface area contributed by atoms with Crippen molar-refractivity contribution in [3.63, 3.8) is 0 Å². The van der Waals surface area contributed by atoms with Crippen molar-refractivity contribution in [1.82, 2.24) is 10.2 Å². The zero-order valence-corrected chi connectivity index (χ0v) is 14.6. The first-order valence-corrected chi connectivity index (χ1v) is 7.49. The fraction of sp³-hybridized carbons (Fsp3) is 0.500. The van der Waals surface area contributed by atoms with Crippen molar-refractivity contribution < 1.29 is 18.3 Å². The van der Waals surface area contributed by atoms with Crippen LogP contribution in [-0.4, -0.2) is 36.2 Å². The third kappa shape index (κ3) is 4.08. The van der Waals surface area contributed by atoms with Crippen LogP contribution in [0.25, 0.3) is 0 Å². The molecule has 0 spiro atoms. The third-order valence-electron chi connectivity index (χ3n) is 3.52. The molecule has 2 atom stereocenters. The van der Waals surface area contributed by atoms with E-state index in [0.717, 1.165) is 6.07 Å². The molecule has 2 rings (SSSR count). The molecule has 8 heteroatoms. The van der Waals surface area contributed by atoms with Crippen LogP contribution in [0.4, 0.5) is 13.6 Å². The molecule has 1 aliphatic heterocycles. The molecular formula is C14H18BrClF2N2O2. The van der Waals surface area contributed by atoms with Gasteiger partial charge in [0.15, 0.2) is 0 Å². The molecule has 1 saturated heterocycles. The number of hydrogen-bond donors (Lipinski definition) is 1. The molecule has 0 aliphatic carbocycles. The Kier molecular flexibility index (Phi) is 7.02. The second-order valence-electron chi connectivity index (χ2n) is 5.14. The Balaban J connectivity index is 0.00000242. The van der Waals surface area contributed by atoms with Crippen LogP contribution in [0.5, 0.6) is 0 Å². The first kappa shape index (κ1) is 19.1. The average molecular weight is 400 g/mol. The summed E-state index contributed by atoms with van der Waals surface area (Å²) in [5.41, 5.74) is -0.256. The zero-order chi connectivity index (χ0) is 15.6. The van der Waals surface area contributed by atoms with E-state index in [1.54, 1.807) is 4.90 Å². The first-order valence-electron chi connectivity index (χ1n) is 6.70. The molecule has 1 amide bonds. The van der Waals surface area contributed by atoms with Gasteiger partial charge in [0.2, 0.25) is 0 Å². The molecule has 0 radical (unpaired) electrons. The Hall–Kier alpha value is -0.920. The van der Waals surface area contributed by atoms with Gasteiger partial charge in [0, 0.05) is 25.2 Å². The summed E-state index contributed by atoms with van der Waals surface area (Å²) in [6.45, 7) is 4.69. The fourth-order valence-electron chi connectivity index (χ4n) is 2.40. The van der Waals surface area contributed by atoms with Crippen molar-refractivity contribution >= 4 is 34.4 Å². The summed E-state index contributed by atoms with van der Waals surface area (Å²) < 4.78 is 32.6. The number of ether oxygens (including phenoxy) is 1. The molecule has 1 aromatic rings. The number of nitrogens with zero attached hydrogens (tertiary/aromatic N) is 1. The summed E-state index contributed by atoms with van der Waals surface area (Å²) in [7, 11) is 0. The number of rotatable bonds is 2. The summed E-state index contributed by atoms with van der Waals surface area (Å²) in [6.07, 6.45) is -0.560. The molecule has 0 bridgehead atoms. The fourth-order valence-corrected chi connectivity index (χ4v) is 2.77. The van der Waals surface area contributed by atoms with Gasteiger partial charge in [-0.25, -0.2) is 13.6 Å². The molecule has 1 aromatic carbocycles. The first-order chi connectivity index (χ1) is 9.91. The molecule has 22 heavy (non-hydrogen) atoms. The number of carbonyl (C=O) groups is 1. The van der Waals surface area contributed by atoms with E-state index in [0.29, 0.717) is 13.1 Å². The molecule has 0 saturated carbocycles. The maximum Gasteiger partial charge on any atom is 0.410 e. The van der Waals surface area contributed by atoms with Gasteiger partial charge in [-0.1, -0.05) is 0 Å². The number of benzene rings is 1. The molecule has 2 unspecified atom stereocenters. The lowest BCUT2D eigenvalue weighted by Crippen LogP contribution is -2.57. The quantitative estimate of drug-likeness (QED) is 0.774. The highest BCUT2D eigenvalue weighted by Crippen LogP contribution is 2.23. The third-order valence-corrected chi connectivity index (χ3v) is 4.13. The van der Waals surface area contributed by atoms with Crippen molar-refractivity contribution in [2.45, 2.75) is 32.5 Å². The Bertz CT molecular complexity index is 538. The van der Waals surface area contributed by atoms with E-state index in [-0.39, 0.29) is 34.5 Å². The van der Waals surface area contributed by atoms with Crippen molar-refractivity contribution in [3.05, 3.63) is 33.8 Å². The number of hydrogen-bond acceptors (Lipinski definition) is 3. The van der Waals surface area contributed by atoms with Crippen LogP contribution < -0.4 is 5.32 Å². The lowest BCUT2D eigenvalue weighted by molar-refractivity contribution is 0.0551. The Morgan fingerprint density at radius 1 is 1.36 bits per heavy atom. The molecular weight excluding hydrogens is 382 g/mol. The van der Waals surface area contributed by atoms with Gasteiger partial charge in [0.1, 0.15) is 18.2 Å². The minimum atomic E-state index is -0.746. The van der Waals surface area contributed by atoms with E-state index in [4.69, 9.17) is 4.74 Å². The predicted octanol–water partition coefficient (Wildman–Crippen LogP) is 3.47. The van der Waals surface area contributed by atoms with Crippen molar-refractivity contribution in [1.29, 1.82) is 0 Å². The highest BCUT2D eigenvalue weighted by Gasteiger charge is 2.30. The maximum absolute atomic E-state index is 13.8. The molecule has 0 aromatic heterocycles. The summed E-state index contributed by atoms with van der Waals surface area (Å²) in [5, 5.41) is 3.19. The molecule has 1 fully saturated rings. The van der Waals surface area contributed by atoms with Crippen LogP contribution in [0.3, 0.4) is 0 Å². The topological polar surface area (TPSA) is 41.6 Å². The van der Waals surface area contributed by atoms with Gasteiger partial charge in [0.05, 0.1) is 10.0 Å². The van der Waals surface area contributed by atoms with Crippen LogP contribution in [0.15, 0.2) is 16.6 Å². The smallest absolute Gasteiger partial charge is 0.410 e. The number of piperazine rings is 1. The van der Waals surface area contributed by atoms with E-state index < -0.39 is 24.3 Å². The Morgan fingerprint density at radius 2 is 1.95 bits per heavy atom. The van der Waals surface area contributed by atoms with Gasteiger partial charge < -0.3 is 15.0 Å². The Morgan fingerprint density at radius 3 is 2.55 bits per heavy atom. The molecule has 1 N–H and O–H groups in total. The lowest BCUT2D eigenvalue weighted by atomic mass is 10.1. The second-order valence-corrected chi connectivity index (χ2v) is 5.99. The average Bonchev–Trinajstić information content (AvgIpc) is 2.43. The van der Waals surface area contributed by atoms with E-state index in [1.807, 2.05) is 13.8 Å². The van der Waals surface area contributed by atoms with Gasteiger partial charge in [-0.2, -0.15) is 0 Å². The highest BCUT2D eigenvalue weighted by atomic mass is 79.9. The van der Waals surface area contributed by atoms with Crippen LogP contribution >= 0.6 is 28.3 Å². The van der Waals surface area contributed by atoms with Gasteiger partial charge in [0.25, 0.3) is 0 Å². The predicted molar refractivity (Wildman–Crippen MR) is 85.1 cm³/mol. The molecule has 1 aliphatic rings. The van der Waals surface area contributed by atoms with Crippen LogP contribution in [0.2, 0.25) is 0 Å². The summed E-state index contributed by atoms with van der Waals surface area (Å²) in [4.78, 5) is 13.7. The van der Waals surface area contributed by atoms with Crippen LogP contribution in [0, 0.1) is 11.6 Å². The number of nitrogens with one attached hydrogen (secondary N) is 1. The van der Waals surface area contributed by atoms with E-state index in [1.165, 1.54) is 6.07 Å². The summed E-state index contributed by atoms with van der Waals surface area (Å²) >= 11 is 2.98. The largest absolute Gasteiger partial charge is 0.444 e. The lowest BCUT2D eigenvalue weighted by Gasteiger charge is -2.38. The SMILES string of the molecule is CC1CNCC(C)N1C(=O)OCc1c(F)ccc(Br)c1F.Cl. The normalized spacial score (nSPS) is 21.2. The summed E-state index contributed by atoms with van der Waals surface area (Å²) in [5.74, 6) is -1.48. The zero-order valence-electron chi connectivity index (χ0n) is 12.2. The molecule has 1 heterocycles. The molecule has 4 nitrogen and oxygen atoms in total. The van der Waals surface area contributed by atoms with E-state index in [9.17, 15) is 13.6 Å². The molecule has 124 valence electrons. The standard InChI is InChI=1S/C14H17BrF2N2O2.ClH/c1-8-5-18-6-9(2)19(8)14(20)21-7-10-12(16)4-3-11(15)13(10)17;/h3-4,8-9,18H,5-7H2,1-2H3;1H. The van der Waals surface area contributed by atoms with Gasteiger partial charge in [-0.15, -0.1) is 12.4 Å². The van der Waals surface area contributed by atoms with Gasteiger partial charge in [-0.05, 0) is 41.9 Å². The van der Waals surface area contributed by atoms with E-state index >= 15 is 0 Å². The number of carbonyl (C=O) groups excluding carboxylic acids is 1. The maximum atomic E-state index is 13.8. The minimum Gasteiger partial charge on any atom is -0.444 e. The Labute approximate surface area is 142 Å². The van der Waals surface area contributed by atoms with Crippen molar-refractivity contribution in [3.8, 4) is 0 Å². The van der Waals surface area contributed by atoms with Crippen LogP contribution in [-0.2, 0) is 11.3 Å². The van der Waals surface area contributed by atoms with Gasteiger partial charge >= 0.3 is 6.09 Å². The van der Waals surface area contributed by atoms with Crippen molar-refractivity contribution in [2.24, 2.45) is 0 Å². The number of halogens is 4. The summed E-state index contributed by atoms with van der Waals surface area (Å²) in [6, 6.07) is 2.35. The second kappa shape index (κ2) is 8.08. The van der Waals surface area contributed by atoms with Gasteiger partial charge in [-0.3, -0.25) is 0 Å². The monoisotopic (exact) mass is 398 g/mol. The van der Waals surface area contributed by atoms with Crippen molar-refractivity contribution in [2.75, 3.05) is 13.1 Å². The number of amides is 1.